The normalized spacial score (nSPS) is 24.9. The van der Waals surface area contributed by atoms with E-state index in [-0.39, 0.29) is 40.9 Å². The number of hydrogen-bond acceptors (Lipinski definition) is 6. The topological polar surface area (TPSA) is 77.7 Å². The minimum atomic E-state index is -3.69. The molecule has 1 saturated heterocycles. The lowest BCUT2D eigenvalue weighted by atomic mass is 10.1. The molecule has 2 unspecified atom stereocenters. The van der Waals surface area contributed by atoms with E-state index in [4.69, 9.17) is 16.1 Å². The highest BCUT2D eigenvalue weighted by Gasteiger charge is 2.43. The Bertz CT molecular complexity index is 1050. The minimum absolute atomic E-state index is 0.0380. The third-order valence-corrected chi connectivity index (χ3v) is 5.24. The largest absolute Gasteiger partial charge is 0.586 e. The maximum atomic E-state index is 13.2. The van der Waals surface area contributed by atoms with Crippen LogP contribution in [0, 0.1) is 0 Å². The van der Waals surface area contributed by atoms with Gasteiger partial charge < -0.3 is 18.9 Å². The lowest BCUT2D eigenvalue weighted by Gasteiger charge is -2.20. The van der Waals surface area contributed by atoms with Crippen molar-refractivity contribution in [1.29, 1.82) is 0 Å². The number of carbonyl (C=O) groups excluding carboxylic acids is 1. The number of halogens is 3. The third kappa shape index (κ3) is 3.35. The molecule has 0 radical (unpaired) electrons. The number of amides is 1. The zero-order chi connectivity index (χ0) is 20.2. The fourth-order valence-corrected chi connectivity index (χ4v) is 3.67. The average Bonchev–Trinajstić information content (AvgIpc) is 3.37. The van der Waals surface area contributed by atoms with Crippen LogP contribution in [0.25, 0.3) is 11.4 Å². The van der Waals surface area contributed by atoms with Gasteiger partial charge >= 0.3 is 6.29 Å². The maximum absolute atomic E-state index is 13.2. The number of rotatable bonds is 3. The second-order valence-corrected chi connectivity index (χ2v) is 7.49. The molecule has 0 saturated carbocycles. The molecule has 1 aromatic carbocycles. The first-order valence-corrected chi connectivity index (χ1v) is 9.38. The average molecular weight is 422 g/mol. The van der Waals surface area contributed by atoms with E-state index >= 15 is 0 Å². The number of nitrogens with zero attached hydrogens (tertiary/aromatic N) is 3. The van der Waals surface area contributed by atoms with Gasteiger partial charge in [0.15, 0.2) is 11.5 Å². The third-order valence-electron chi connectivity index (χ3n) is 4.92. The molecule has 0 N–H and O–H groups in total. The molecule has 29 heavy (non-hydrogen) atoms. The first-order valence-electron chi connectivity index (χ1n) is 8.95. The molecule has 7 nitrogen and oxygen atoms in total. The fourth-order valence-electron chi connectivity index (χ4n) is 3.51. The van der Waals surface area contributed by atoms with Gasteiger partial charge in [0.05, 0.1) is 11.3 Å². The van der Waals surface area contributed by atoms with Gasteiger partial charge in [-0.1, -0.05) is 17.3 Å². The lowest BCUT2D eigenvalue weighted by Crippen LogP contribution is -2.25. The van der Waals surface area contributed by atoms with Gasteiger partial charge in [0.1, 0.15) is 0 Å². The maximum Gasteiger partial charge on any atom is 0.586 e. The number of ether oxygens (including phenoxy) is 2. The van der Waals surface area contributed by atoms with Crippen molar-refractivity contribution in [3.8, 4) is 22.9 Å². The number of allylic oxidation sites excluding steroid dienone is 3. The SMILES string of the molecule is O=C1CC(c2nc(-c3ccc4c(c3)OC(F)(F)O4)no2)CN1C1=CCC(Cl)C=C1. The Labute approximate surface area is 168 Å². The van der Waals surface area contributed by atoms with Crippen LogP contribution in [0.15, 0.2) is 46.6 Å². The number of aromatic nitrogens is 2. The Kier molecular flexibility index (Phi) is 4.09. The summed E-state index contributed by atoms with van der Waals surface area (Å²) in [6, 6.07) is 4.25. The Balaban J connectivity index is 1.34. The van der Waals surface area contributed by atoms with Crippen LogP contribution in [-0.4, -0.2) is 39.2 Å². The molecule has 150 valence electrons. The molecule has 2 atom stereocenters. The Morgan fingerprint density at radius 2 is 2.07 bits per heavy atom. The molecule has 2 aromatic rings. The van der Waals surface area contributed by atoms with Gasteiger partial charge in [-0.25, -0.2) is 0 Å². The molecule has 2 aliphatic heterocycles. The first kappa shape index (κ1) is 18.1. The van der Waals surface area contributed by atoms with E-state index < -0.39 is 6.29 Å². The number of carbonyl (C=O) groups is 1. The molecule has 1 aliphatic carbocycles. The molecule has 3 heterocycles. The summed E-state index contributed by atoms with van der Waals surface area (Å²) in [5, 5.41) is 3.86. The Hall–Kier alpha value is -2.94. The van der Waals surface area contributed by atoms with Crippen molar-refractivity contribution >= 4 is 17.5 Å². The summed E-state index contributed by atoms with van der Waals surface area (Å²) in [5.41, 5.74) is 1.25. The Morgan fingerprint density at radius 1 is 1.24 bits per heavy atom. The molecule has 3 aliphatic rings. The van der Waals surface area contributed by atoms with Crippen LogP contribution in [0.1, 0.15) is 24.7 Å². The first-order chi connectivity index (χ1) is 13.9. The van der Waals surface area contributed by atoms with Gasteiger partial charge in [0.2, 0.25) is 17.6 Å². The summed E-state index contributed by atoms with van der Waals surface area (Å²) in [6.45, 7) is 0.414. The van der Waals surface area contributed by atoms with Crippen molar-refractivity contribution in [2.24, 2.45) is 0 Å². The summed E-state index contributed by atoms with van der Waals surface area (Å²) >= 11 is 6.04. The number of fused-ring (bicyclic) bond motifs is 1. The minimum Gasteiger partial charge on any atom is -0.395 e. The molecule has 1 amide bonds. The van der Waals surface area contributed by atoms with Crippen molar-refractivity contribution in [3.63, 3.8) is 0 Å². The number of likely N-dealkylation sites (tertiary alicyclic amines) is 1. The molecule has 1 aromatic heterocycles. The van der Waals surface area contributed by atoms with Crippen molar-refractivity contribution in [3.05, 3.63) is 48.0 Å². The molecule has 10 heteroatoms. The molecular weight excluding hydrogens is 408 g/mol. The van der Waals surface area contributed by atoms with Gasteiger partial charge in [-0.15, -0.1) is 20.4 Å². The summed E-state index contributed by atoms with van der Waals surface area (Å²) in [7, 11) is 0. The highest BCUT2D eigenvalue weighted by atomic mass is 35.5. The van der Waals surface area contributed by atoms with Crippen molar-refractivity contribution in [2.45, 2.75) is 30.4 Å². The molecule has 0 spiro atoms. The quantitative estimate of drug-likeness (QED) is 0.701. The number of benzene rings is 1. The highest BCUT2D eigenvalue weighted by molar-refractivity contribution is 6.22. The van der Waals surface area contributed by atoms with Gasteiger partial charge in [0.25, 0.3) is 0 Å². The van der Waals surface area contributed by atoms with E-state index in [2.05, 4.69) is 19.6 Å². The van der Waals surface area contributed by atoms with Gasteiger partial charge in [-0.05, 0) is 30.7 Å². The molecule has 0 bridgehead atoms. The number of alkyl halides is 3. The summed E-state index contributed by atoms with van der Waals surface area (Å²) in [6.07, 6.45) is 2.83. The van der Waals surface area contributed by atoms with Crippen LogP contribution in [-0.2, 0) is 4.79 Å². The summed E-state index contributed by atoms with van der Waals surface area (Å²) in [4.78, 5) is 18.5. The van der Waals surface area contributed by atoms with Crippen LogP contribution in [0.4, 0.5) is 8.78 Å². The van der Waals surface area contributed by atoms with E-state index in [0.29, 0.717) is 24.4 Å². The smallest absolute Gasteiger partial charge is 0.395 e. The lowest BCUT2D eigenvalue weighted by molar-refractivity contribution is -0.286. The second-order valence-electron chi connectivity index (χ2n) is 6.93. The van der Waals surface area contributed by atoms with E-state index in [1.54, 1.807) is 4.90 Å². The molecular formula is C19H14ClF2N3O4. The summed E-state index contributed by atoms with van der Waals surface area (Å²) in [5.74, 6) is 0.0695. The Morgan fingerprint density at radius 3 is 2.86 bits per heavy atom. The standard InChI is InChI=1S/C19H14ClF2N3O4/c20-12-2-4-13(5-3-12)25-9-11(8-16(25)26)18-23-17(24-29-18)10-1-6-14-15(7-10)28-19(21,22)27-14/h1-2,4-7,11-12H,3,8-9H2. The van der Waals surface area contributed by atoms with Crippen molar-refractivity contribution < 1.29 is 27.6 Å². The van der Waals surface area contributed by atoms with Crippen molar-refractivity contribution in [2.75, 3.05) is 6.54 Å². The highest BCUT2D eigenvalue weighted by Crippen LogP contribution is 2.42. The van der Waals surface area contributed by atoms with Crippen molar-refractivity contribution in [1.82, 2.24) is 15.0 Å². The predicted octanol–water partition coefficient (Wildman–Crippen LogP) is 3.83. The fraction of sp³-hybridized carbons (Fsp3) is 0.316. The van der Waals surface area contributed by atoms with E-state index in [9.17, 15) is 13.6 Å². The van der Waals surface area contributed by atoms with Gasteiger partial charge in [0, 0.05) is 24.2 Å². The van der Waals surface area contributed by atoms with E-state index in [0.717, 1.165) is 5.70 Å². The molecule has 1 fully saturated rings. The van der Waals surface area contributed by atoms with Gasteiger partial charge in [-0.2, -0.15) is 4.98 Å². The monoisotopic (exact) mass is 421 g/mol. The zero-order valence-corrected chi connectivity index (χ0v) is 15.6. The van der Waals surface area contributed by atoms with E-state index in [1.807, 2.05) is 18.2 Å². The van der Waals surface area contributed by atoms with E-state index in [1.165, 1.54) is 18.2 Å². The van der Waals surface area contributed by atoms with Gasteiger partial charge in [-0.3, -0.25) is 4.79 Å². The van der Waals surface area contributed by atoms with Crippen LogP contribution in [0.3, 0.4) is 0 Å². The summed E-state index contributed by atoms with van der Waals surface area (Å²) < 4.78 is 40.5. The van der Waals surface area contributed by atoms with Crippen LogP contribution >= 0.6 is 11.6 Å². The molecule has 5 rings (SSSR count). The number of hydrogen-bond donors (Lipinski definition) is 0. The zero-order valence-electron chi connectivity index (χ0n) is 14.8. The van der Waals surface area contributed by atoms with Crippen LogP contribution < -0.4 is 9.47 Å². The van der Waals surface area contributed by atoms with Crippen LogP contribution in [0.5, 0.6) is 11.5 Å². The predicted molar refractivity (Wildman–Crippen MR) is 96.5 cm³/mol. The second kappa shape index (κ2) is 6.55. The van der Waals surface area contributed by atoms with Crippen LogP contribution in [0.2, 0.25) is 0 Å².